The number of unbranched alkanes of at least 4 members (excludes halogenated alkanes) is 1. The van der Waals surface area contributed by atoms with Crippen LogP contribution in [0.5, 0.6) is 0 Å². The first kappa shape index (κ1) is 67.0. The number of nitrogens with zero attached hydrogens (tertiary/aromatic N) is 4. The monoisotopic (exact) mass is 1190 g/mol. The maximum Gasteiger partial charge on any atom is 0.481 e. The van der Waals surface area contributed by atoms with Gasteiger partial charge in [-0.1, -0.05) is 74.2 Å². The number of hydrogen-bond donors (Lipinski definition) is 13. The quantitative estimate of drug-likeness (QED) is 0.0197. The van der Waals surface area contributed by atoms with E-state index in [4.69, 9.17) is 35.5 Å². The number of nitrogen functional groups attached to an aromatic ring is 1. The Bertz CT molecular complexity index is 2570. The summed E-state index contributed by atoms with van der Waals surface area (Å²) >= 11 is 2.18. The number of phosphoric ester groups is 3. The molecule has 77 heavy (non-hydrogen) atoms. The van der Waals surface area contributed by atoms with Gasteiger partial charge in [0.25, 0.3) is 0 Å². The van der Waals surface area contributed by atoms with E-state index in [0.717, 1.165) is 29.0 Å². The smallest absolute Gasteiger partial charge is 0.481 e. The minimum atomic E-state index is -5.61. The van der Waals surface area contributed by atoms with Gasteiger partial charge in [-0.15, -0.1) is 11.8 Å². The summed E-state index contributed by atoms with van der Waals surface area (Å²) in [6.07, 6.45) is 8.05. The fraction of sp³-hybridized carbons (Fsp3) is 0.571. The van der Waals surface area contributed by atoms with Crippen molar-refractivity contribution in [2.75, 3.05) is 43.5 Å². The molecule has 1 aliphatic heterocycles. The van der Waals surface area contributed by atoms with Gasteiger partial charge in [-0.25, -0.2) is 28.6 Å². The molecule has 0 bridgehead atoms. The number of aliphatic hydroxyl groups excluding tert-OH is 3. The number of hydrogen-bond acceptors (Lipinski definition) is 23. The Hall–Kier alpha value is -4.27. The number of nitrogens with one attached hydrogen (secondary N) is 2. The molecule has 2 amide bonds. The van der Waals surface area contributed by atoms with Crippen LogP contribution in [0.4, 0.5) is 5.82 Å². The van der Waals surface area contributed by atoms with Gasteiger partial charge in [-0.3, -0.25) is 42.1 Å². The molecule has 10 atom stereocenters. The molecule has 3 heterocycles. The van der Waals surface area contributed by atoms with Crippen molar-refractivity contribution in [1.29, 1.82) is 0 Å². The lowest BCUT2D eigenvalue weighted by molar-refractivity contribution is -0.138. The Kier molecular flexibility index (Phi) is 27.9. The number of carboxylic acids is 2. The first-order valence-corrected chi connectivity index (χ1v) is 29.8. The topological polar surface area (TPSA) is 484 Å². The van der Waals surface area contributed by atoms with Crippen molar-refractivity contribution in [2.45, 2.75) is 107 Å². The average Bonchev–Trinajstić information content (AvgIpc) is 3.90. The van der Waals surface area contributed by atoms with Crippen molar-refractivity contribution in [1.82, 2.24) is 30.2 Å². The van der Waals surface area contributed by atoms with Crippen molar-refractivity contribution < 1.29 is 105 Å². The average molecular weight is 1190 g/mol. The Labute approximate surface area is 449 Å². The highest BCUT2D eigenvalue weighted by molar-refractivity contribution is 8.13. The number of imidazole rings is 1. The molecule has 0 aliphatic carbocycles. The van der Waals surface area contributed by atoms with E-state index in [1.54, 1.807) is 30.4 Å². The second-order valence-electron chi connectivity index (χ2n) is 17.3. The Morgan fingerprint density at radius 2 is 1.61 bits per heavy atom. The molecular formula is C42H65N8O22P3S2. The number of allylic oxidation sites excluding steroid dienone is 7. The van der Waals surface area contributed by atoms with Crippen molar-refractivity contribution >= 4 is 92.8 Å². The molecule has 10 unspecified atom stereocenters. The number of aliphatic carboxylic acids is 2. The largest absolute Gasteiger partial charge is 0.481 e. The molecule has 3 rings (SSSR count). The predicted octanol–water partition coefficient (Wildman–Crippen LogP) is 1.19. The van der Waals surface area contributed by atoms with Crippen LogP contribution >= 0.6 is 47.0 Å². The van der Waals surface area contributed by atoms with Crippen LogP contribution in [0.3, 0.4) is 0 Å². The van der Waals surface area contributed by atoms with Gasteiger partial charge in [0.1, 0.15) is 42.3 Å². The van der Waals surface area contributed by atoms with E-state index >= 15 is 0 Å². The number of thioether (sulfide) groups is 2. The molecule has 15 N–H and O–H groups in total. The van der Waals surface area contributed by atoms with Gasteiger partial charge in [-0.2, -0.15) is 4.31 Å². The number of carbonyl (C=O) groups is 5. The van der Waals surface area contributed by atoms with Gasteiger partial charge in [0, 0.05) is 54.5 Å². The maximum atomic E-state index is 12.8. The third-order valence-electron chi connectivity index (χ3n) is 10.5. The number of nitrogens with two attached hydrogens (primary N) is 2. The number of anilines is 1. The molecule has 0 spiro atoms. The molecule has 2 aromatic heterocycles. The first-order valence-electron chi connectivity index (χ1n) is 23.2. The normalized spacial score (nSPS) is 20.6. The molecule has 1 aliphatic rings. The van der Waals surface area contributed by atoms with Crippen molar-refractivity contribution in [3.63, 3.8) is 0 Å². The second-order valence-corrected chi connectivity index (χ2v) is 23.9. The SMILES string of the molecule is CC(C)(COP(=O)(O)OP(=O)(O)OCC1OC(n2cnc3c(N)ncnc32)C(O)C1OP(=O)(O)O)C(O)C(=O)NCCC(=O)NCCSC(=O)C/C=C/CC/C=C/C=C/C=C/C(SCC(N)C(=O)O)C(O)CCCC(=O)O. The molecule has 432 valence electrons. The van der Waals surface area contributed by atoms with Crippen molar-refractivity contribution in [3.05, 3.63) is 61.3 Å². The highest BCUT2D eigenvalue weighted by Crippen LogP contribution is 2.61. The number of ether oxygens (including phenoxy) is 1. The number of amides is 2. The molecule has 1 fully saturated rings. The molecule has 0 aromatic carbocycles. The lowest BCUT2D eigenvalue weighted by Gasteiger charge is -2.30. The van der Waals surface area contributed by atoms with Gasteiger partial charge in [0.2, 0.25) is 11.8 Å². The number of carboxylic acid groups (broad SMARTS) is 2. The van der Waals surface area contributed by atoms with E-state index in [1.807, 2.05) is 18.2 Å². The highest BCUT2D eigenvalue weighted by atomic mass is 32.2. The van der Waals surface area contributed by atoms with Crippen LogP contribution in [-0.4, -0.2) is 173 Å². The van der Waals surface area contributed by atoms with Crippen LogP contribution in [0.1, 0.15) is 65.0 Å². The van der Waals surface area contributed by atoms with E-state index in [9.17, 15) is 72.6 Å². The predicted molar refractivity (Wildman–Crippen MR) is 277 cm³/mol. The number of rotatable bonds is 36. The van der Waals surface area contributed by atoms with Crippen LogP contribution in [-0.2, 0) is 60.3 Å². The summed E-state index contributed by atoms with van der Waals surface area (Å²) in [5, 5.41) is 54.3. The third-order valence-corrected chi connectivity index (χ3v) is 15.9. The van der Waals surface area contributed by atoms with E-state index in [0.29, 0.717) is 12.8 Å². The second kappa shape index (κ2) is 32.1. The molecular weight excluding hydrogens is 1130 g/mol. The summed E-state index contributed by atoms with van der Waals surface area (Å²) < 4.78 is 62.4. The Balaban J connectivity index is 1.32. The minimum Gasteiger partial charge on any atom is -0.481 e. The summed E-state index contributed by atoms with van der Waals surface area (Å²) in [7, 11) is -16.5. The maximum absolute atomic E-state index is 12.8. The Morgan fingerprint density at radius 3 is 2.30 bits per heavy atom. The number of aromatic nitrogens is 4. The lowest BCUT2D eigenvalue weighted by Crippen LogP contribution is -2.46. The molecule has 0 saturated carbocycles. The van der Waals surface area contributed by atoms with E-state index in [-0.39, 0.29) is 78.8 Å². The van der Waals surface area contributed by atoms with Gasteiger partial charge in [-0.05, 0) is 25.7 Å². The summed E-state index contributed by atoms with van der Waals surface area (Å²) in [5.74, 6) is -3.37. The van der Waals surface area contributed by atoms with Crippen LogP contribution in [0.15, 0.2) is 61.3 Å². The number of carbonyl (C=O) groups excluding carboxylic acids is 3. The fourth-order valence-corrected chi connectivity index (χ4v) is 11.1. The van der Waals surface area contributed by atoms with E-state index < -0.39 is 114 Å². The van der Waals surface area contributed by atoms with Crippen molar-refractivity contribution in [2.24, 2.45) is 11.1 Å². The van der Waals surface area contributed by atoms with Crippen LogP contribution in [0.2, 0.25) is 0 Å². The molecule has 0 radical (unpaired) electrons. The standard InChI is InChI=1S/C42H65N8O22P3S2/c1-42(2,23-69-75(66,67)72-74(64,65)68-21-28-35(71-73(61,62)63)34(56)40(70-28)50-25-49-33-37(44)47-24-48-38(33)50)36(57)39(58)46-18-17-30(52)45-19-20-76-32(55)16-11-9-7-5-3-4-6-8-10-14-29(77-22-26(43)41(59)60)27(51)13-12-15-31(53)54/h3-4,6,8-11,14,24-29,34-36,40,51,56-57H,5,7,12-13,15-23,43H2,1-2H3,(H,45,52)(H,46,58)(H,53,54)(H,59,60)(H,64,65)(H,66,67)(H2,44,47,48)(H2,61,62,63)/b4-3+,8-6+,11-9+,14-10+. The number of fused-ring (bicyclic) bond motifs is 1. The van der Waals surface area contributed by atoms with Crippen LogP contribution in [0.25, 0.3) is 11.2 Å². The molecule has 1 saturated heterocycles. The zero-order valence-electron chi connectivity index (χ0n) is 41.5. The zero-order chi connectivity index (χ0) is 57.6. The van der Waals surface area contributed by atoms with Gasteiger partial charge < -0.3 is 71.9 Å². The molecule has 30 nitrogen and oxygen atoms in total. The minimum absolute atomic E-state index is 0.0147. The summed E-state index contributed by atoms with van der Waals surface area (Å²) in [5.41, 5.74) is 9.78. The van der Waals surface area contributed by atoms with E-state index in [1.165, 1.54) is 25.6 Å². The molecule has 2 aromatic rings. The van der Waals surface area contributed by atoms with Crippen molar-refractivity contribution in [3.8, 4) is 0 Å². The summed E-state index contributed by atoms with van der Waals surface area (Å²) in [4.78, 5) is 110. The third kappa shape index (κ3) is 24.7. The highest BCUT2D eigenvalue weighted by Gasteiger charge is 2.50. The first-order chi connectivity index (χ1) is 36.0. The number of aliphatic hydroxyl groups is 3. The summed E-state index contributed by atoms with van der Waals surface area (Å²) in [6.45, 7) is 0.276. The lowest BCUT2D eigenvalue weighted by atomic mass is 9.87. The Morgan fingerprint density at radius 1 is 0.922 bits per heavy atom. The van der Waals surface area contributed by atoms with Crippen LogP contribution < -0.4 is 22.1 Å². The fourth-order valence-electron chi connectivity index (χ4n) is 6.53. The van der Waals surface area contributed by atoms with Gasteiger partial charge in [0.15, 0.2) is 22.8 Å². The number of phosphoric acid groups is 3. The zero-order valence-corrected chi connectivity index (χ0v) is 45.8. The molecule has 35 heteroatoms. The van der Waals surface area contributed by atoms with Crippen LogP contribution in [0, 0.1) is 5.41 Å². The van der Waals surface area contributed by atoms with Gasteiger partial charge in [0.05, 0.1) is 25.6 Å². The summed E-state index contributed by atoms with van der Waals surface area (Å²) in [6, 6.07) is -1.11. The van der Waals surface area contributed by atoms with Gasteiger partial charge >= 0.3 is 35.4 Å². The van der Waals surface area contributed by atoms with E-state index in [2.05, 4.69) is 34.4 Å².